The highest BCUT2D eigenvalue weighted by molar-refractivity contribution is 7.08. The van der Waals surface area contributed by atoms with Gasteiger partial charge in [-0.25, -0.2) is 0 Å². The van der Waals surface area contributed by atoms with E-state index in [1.54, 1.807) is 23.1 Å². The van der Waals surface area contributed by atoms with E-state index in [4.69, 9.17) is 4.74 Å². The van der Waals surface area contributed by atoms with Crippen molar-refractivity contribution in [2.24, 2.45) is 0 Å². The average Bonchev–Trinajstić information content (AvgIpc) is 3.25. The third kappa shape index (κ3) is 4.31. The number of carbonyl (C=O) groups is 1. The Bertz CT molecular complexity index is 796. The van der Waals surface area contributed by atoms with Gasteiger partial charge in [0.25, 0.3) is 0 Å². The molecule has 24 heavy (non-hydrogen) atoms. The van der Waals surface area contributed by atoms with Gasteiger partial charge in [-0.2, -0.15) is 16.4 Å². The highest BCUT2D eigenvalue weighted by Crippen LogP contribution is 2.19. The normalized spacial score (nSPS) is 10.7. The molecule has 1 aromatic carbocycles. The Morgan fingerprint density at radius 2 is 2.17 bits per heavy atom. The summed E-state index contributed by atoms with van der Waals surface area (Å²) in [5, 5.41) is 11.4. The topological polar surface area (TPSA) is 56.1 Å². The standard InChI is InChI=1S/C18H19N3O2S/c1-23-12-15-4-2-3-14(9-15)10-19-18(22)11-21-7-5-17(20-21)16-6-8-24-13-16/h2-9,13H,10-12H2,1H3,(H,19,22). The Morgan fingerprint density at radius 3 is 2.96 bits per heavy atom. The van der Waals surface area contributed by atoms with Crippen molar-refractivity contribution >= 4 is 17.2 Å². The van der Waals surface area contributed by atoms with Gasteiger partial charge in [-0.15, -0.1) is 0 Å². The van der Waals surface area contributed by atoms with Crippen LogP contribution in [0.2, 0.25) is 0 Å². The van der Waals surface area contributed by atoms with Crippen LogP contribution in [0.3, 0.4) is 0 Å². The molecule has 1 amide bonds. The molecule has 124 valence electrons. The van der Waals surface area contributed by atoms with Crippen molar-refractivity contribution in [1.82, 2.24) is 15.1 Å². The van der Waals surface area contributed by atoms with E-state index in [1.807, 2.05) is 53.4 Å². The Morgan fingerprint density at radius 1 is 1.29 bits per heavy atom. The summed E-state index contributed by atoms with van der Waals surface area (Å²) in [5.41, 5.74) is 4.11. The molecule has 0 radical (unpaired) electrons. The molecule has 0 saturated heterocycles. The lowest BCUT2D eigenvalue weighted by Crippen LogP contribution is -2.27. The Labute approximate surface area is 144 Å². The lowest BCUT2D eigenvalue weighted by molar-refractivity contribution is -0.122. The largest absolute Gasteiger partial charge is 0.380 e. The number of benzene rings is 1. The summed E-state index contributed by atoms with van der Waals surface area (Å²) in [6.07, 6.45) is 1.83. The van der Waals surface area contributed by atoms with E-state index >= 15 is 0 Å². The number of rotatable bonds is 7. The van der Waals surface area contributed by atoms with Crippen LogP contribution in [0.15, 0.2) is 53.4 Å². The molecule has 0 bridgehead atoms. The fraction of sp³-hybridized carbons (Fsp3) is 0.222. The third-order valence-electron chi connectivity index (χ3n) is 3.56. The second kappa shape index (κ2) is 7.90. The van der Waals surface area contributed by atoms with Gasteiger partial charge in [-0.1, -0.05) is 24.3 Å². The summed E-state index contributed by atoms with van der Waals surface area (Å²) in [4.78, 5) is 12.1. The molecule has 2 aromatic heterocycles. The van der Waals surface area contributed by atoms with Crippen LogP contribution in [0.1, 0.15) is 11.1 Å². The molecule has 0 fully saturated rings. The van der Waals surface area contributed by atoms with Crippen molar-refractivity contribution in [2.45, 2.75) is 19.7 Å². The summed E-state index contributed by atoms with van der Waals surface area (Å²) in [6.45, 7) is 1.28. The van der Waals surface area contributed by atoms with Crippen molar-refractivity contribution in [1.29, 1.82) is 0 Å². The van der Waals surface area contributed by atoms with E-state index in [-0.39, 0.29) is 12.5 Å². The predicted molar refractivity (Wildman–Crippen MR) is 94.5 cm³/mol. The van der Waals surface area contributed by atoms with Gasteiger partial charge in [0, 0.05) is 30.8 Å². The van der Waals surface area contributed by atoms with E-state index in [0.717, 1.165) is 22.4 Å². The van der Waals surface area contributed by atoms with Crippen LogP contribution >= 0.6 is 11.3 Å². The van der Waals surface area contributed by atoms with Gasteiger partial charge in [0.15, 0.2) is 0 Å². The molecule has 6 heteroatoms. The van der Waals surface area contributed by atoms with Crippen LogP contribution in [0, 0.1) is 0 Å². The highest BCUT2D eigenvalue weighted by Gasteiger charge is 2.07. The molecule has 0 aliphatic carbocycles. The SMILES string of the molecule is COCc1cccc(CNC(=O)Cn2ccc(-c3ccsc3)n2)c1. The zero-order chi connectivity index (χ0) is 16.8. The first kappa shape index (κ1) is 16.4. The molecule has 5 nitrogen and oxygen atoms in total. The summed E-state index contributed by atoms with van der Waals surface area (Å²) >= 11 is 1.63. The monoisotopic (exact) mass is 341 g/mol. The molecule has 0 saturated carbocycles. The van der Waals surface area contributed by atoms with Gasteiger partial charge in [-0.3, -0.25) is 9.48 Å². The highest BCUT2D eigenvalue weighted by atomic mass is 32.1. The second-order valence-corrected chi connectivity index (χ2v) is 6.22. The van der Waals surface area contributed by atoms with Crippen LogP contribution in [-0.2, 0) is 29.2 Å². The van der Waals surface area contributed by atoms with E-state index in [2.05, 4.69) is 10.4 Å². The number of hydrogen-bond acceptors (Lipinski definition) is 4. The maximum atomic E-state index is 12.1. The van der Waals surface area contributed by atoms with E-state index in [9.17, 15) is 4.79 Å². The van der Waals surface area contributed by atoms with Crippen LogP contribution in [0.4, 0.5) is 0 Å². The molecule has 2 heterocycles. The molecule has 1 N–H and O–H groups in total. The number of nitrogens with one attached hydrogen (secondary N) is 1. The van der Waals surface area contributed by atoms with Crippen LogP contribution in [0.5, 0.6) is 0 Å². The minimum Gasteiger partial charge on any atom is -0.380 e. The first-order chi connectivity index (χ1) is 11.7. The fourth-order valence-corrected chi connectivity index (χ4v) is 3.06. The molecule has 3 aromatic rings. The number of aromatic nitrogens is 2. The van der Waals surface area contributed by atoms with Gasteiger partial charge in [0.2, 0.25) is 5.91 Å². The lowest BCUT2D eigenvalue weighted by atomic mass is 10.1. The van der Waals surface area contributed by atoms with Crippen LogP contribution < -0.4 is 5.32 Å². The molecule has 0 unspecified atom stereocenters. The molecule has 0 spiro atoms. The Balaban J connectivity index is 1.53. The molecule has 3 rings (SSSR count). The number of thiophene rings is 1. The first-order valence-corrected chi connectivity index (χ1v) is 8.58. The fourth-order valence-electron chi connectivity index (χ4n) is 2.41. The molecule has 0 aliphatic heterocycles. The van der Waals surface area contributed by atoms with Gasteiger partial charge in [0.05, 0.1) is 12.3 Å². The van der Waals surface area contributed by atoms with Gasteiger partial charge in [-0.05, 0) is 28.6 Å². The lowest BCUT2D eigenvalue weighted by Gasteiger charge is -2.07. The third-order valence-corrected chi connectivity index (χ3v) is 4.24. The summed E-state index contributed by atoms with van der Waals surface area (Å²) in [6, 6.07) is 11.9. The van der Waals surface area contributed by atoms with E-state index < -0.39 is 0 Å². The molecular formula is C18H19N3O2S. The Hall–Kier alpha value is -2.44. The summed E-state index contributed by atoms with van der Waals surface area (Å²) in [5.74, 6) is -0.0629. The summed E-state index contributed by atoms with van der Waals surface area (Å²) < 4.78 is 6.78. The molecule has 0 aliphatic rings. The van der Waals surface area contributed by atoms with Gasteiger partial charge >= 0.3 is 0 Å². The summed E-state index contributed by atoms with van der Waals surface area (Å²) in [7, 11) is 1.67. The number of ether oxygens (including phenoxy) is 1. The molecular weight excluding hydrogens is 322 g/mol. The maximum Gasteiger partial charge on any atom is 0.241 e. The van der Waals surface area contributed by atoms with Crippen molar-refractivity contribution in [3.8, 4) is 11.3 Å². The van der Waals surface area contributed by atoms with Crippen LogP contribution in [0.25, 0.3) is 11.3 Å². The zero-order valence-electron chi connectivity index (χ0n) is 13.4. The smallest absolute Gasteiger partial charge is 0.241 e. The minimum atomic E-state index is -0.0629. The first-order valence-electron chi connectivity index (χ1n) is 7.64. The van der Waals surface area contributed by atoms with Gasteiger partial charge in [0.1, 0.15) is 6.54 Å². The van der Waals surface area contributed by atoms with Gasteiger partial charge < -0.3 is 10.1 Å². The number of nitrogens with zero attached hydrogens (tertiary/aromatic N) is 2. The van der Waals surface area contributed by atoms with E-state index in [1.165, 1.54) is 0 Å². The predicted octanol–water partition coefficient (Wildman–Crippen LogP) is 3.07. The second-order valence-electron chi connectivity index (χ2n) is 5.44. The minimum absolute atomic E-state index is 0.0629. The van der Waals surface area contributed by atoms with Crippen molar-refractivity contribution < 1.29 is 9.53 Å². The zero-order valence-corrected chi connectivity index (χ0v) is 14.3. The number of carbonyl (C=O) groups excluding carboxylic acids is 1. The van der Waals surface area contributed by atoms with Crippen molar-refractivity contribution in [2.75, 3.05) is 7.11 Å². The molecule has 0 atom stereocenters. The number of hydrogen-bond donors (Lipinski definition) is 1. The maximum absolute atomic E-state index is 12.1. The van der Waals surface area contributed by atoms with Crippen molar-refractivity contribution in [3.05, 3.63) is 64.5 Å². The number of amides is 1. The van der Waals surface area contributed by atoms with Crippen molar-refractivity contribution in [3.63, 3.8) is 0 Å². The quantitative estimate of drug-likeness (QED) is 0.718. The van der Waals surface area contributed by atoms with Crippen LogP contribution in [-0.4, -0.2) is 22.8 Å². The Kier molecular flexibility index (Phi) is 5.40. The average molecular weight is 341 g/mol. The number of methoxy groups -OCH3 is 1. The van der Waals surface area contributed by atoms with E-state index in [0.29, 0.717) is 13.2 Å².